The van der Waals surface area contributed by atoms with E-state index in [-0.39, 0.29) is 5.41 Å². The van der Waals surface area contributed by atoms with E-state index in [1.807, 2.05) is 6.07 Å². The average molecular weight is 745 g/mol. The summed E-state index contributed by atoms with van der Waals surface area (Å²) in [6.07, 6.45) is 0. The molecule has 3 heteroatoms. The van der Waals surface area contributed by atoms with E-state index in [1.165, 1.54) is 61.0 Å². The lowest BCUT2D eigenvalue weighted by Crippen LogP contribution is -2.14. The maximum atomic E-state index is 6.57. The number of fused-ring (bicyclic) bond motifs is 7. The Morgan fingerprint density at radius 1 is 0.379 bits per heavy atom. The van der Waals surface area contributed by atoms with Crippen LogP contribution < -0.4 is 10.6 Å². The van der Waals surface area contributed by atoms with E-state index in [2.05, 4.69) is 213 Å². The Morgan fingerprint density at radius 2 is 1.00 bits per heavy atom. The minimum Gasteiger partial charge on any atom is -0.454 e. The maximum absolute atomic E-state index is 6.57. The summed E-state index contributed by atoms with van der Waals surface area (Å²) in [6, 6.07) is 69.6. The molecule has 0 aliphatic heterocycles. The topological polar surface area (TPSA) is 37.2 Å². The highest BCUT2D eigenvalue weighted by atomic mass is 16.3. The van der Waals surface area contributed by atoms with Crippen LogP contribution in [-0.4, -0.2) is 0 Å². The van der Waals surface area contributed by atoms with Gasteiger partial charge in [0.15, 0.2) is 5.58 Å². The van der Waals surface area contributed by atoms with Gasteiger partial charge in [-0.3, -0.25) is 0 Å². The van der Waals surface area contributed by atoms with E-state index in [0.717, 1.165) is 50.1 Å². The zero-order chi connectivity index (χ0) is 38.8. The molecule has 9 aromatic carbocycles. The van der Waals surface area contributed by atoms with Crippen LogP contribution >= 0.6 is 0 Å². The van der Waals surface area contributed by atoms with Crippen molar-refractivity contribution in [2.45, 2.75) is 19.3 Å². The molecular formula is C55H40N2O. The second kappa shape index (κ2) is 13.4. The van der Waals surface area contributed by atoms with Crippen molar-refractivity contribution in [3.05, 3.63) is 205 Å². The van der Waals surface area contributed by atoms with E-state index in [1.54, 1.807) is 0 Å². The first-order valence-electron chi connectivity index (χ1n) is 20.0. The zero-order valence-corrected chi connectivity index (χ0v) is 32.4. The first-order chi connectivity index (χ1) is 28.5. The summed E-state index contributed by atoms with van der Waals surface area (Å²) in [5, 5.41) is 11.8. The van der Waals surface area contributed by atoms with Crippen molar-refractivity contribution in [3.8, 4) is 44.5 Å². The fourth-order valence-electron chi connectivity index (χ4n) is 9.02. The van der Waals surface area contributed by atoms with Gasteiger partial charge in [-0.05, 0) is 127 Å². The number of hydrogen-bond acceptors (Lipinski definition) is 3. The molecule has 0 radical (unpaired) electrons. The van der Waals surface area contributed by atoms with Gasteiger partial charge in [0.05, 0.1) is 5.69 Å². The molecule has 1 aliphatic rings. The van der Waals surface area contributed by atoms with Crippen molar-refractivity contribution in [1.29, 1.82) is 0 Å². The Labute approximate surface area is 338 Å². The number of rotatable bonds is 7. The molecule has 2 N–H and O–H groups in total. The fourth-order valence-corrected chi connectivity index (χ4v) is 9.02. The maximum Gasteiger partial charge on any atom is 0.158 e. The number of furan rings is 1. The molecule has 1 aliphatic carbocycles. The van der Waals surface area contributed by atoms with Crippen LogP contribution in [0.15, 0.2) is 199 Å². The molecule has 0 unspecified atom stereocenters. The fraction of sp³-hybridized carbons (Fsp3) is 0.0545. The first kappa shape index (κ1) is 33.9. The molecule has 10 aromatic rings. The standard InChI is InChI=1S/C55H40N2O/c1-55(2)50-17-9-8-15-46(50)48-34-43(29-30-51(48)55)56-41-27-23-37(24-28-41)44-13-6-7-14-45(44)39-20-19-38-33-53-49(32-40(38)31-39)47-16-10-18-52(54(47)58-53)57-42-25-21-36(22-26-42)35-11-4-3-5-12-35/h3-34,56-57H,1-2H3. The second-order valence-electron chi connectivity index (χ2n) is 15.9. The van der Waals surface area contributed by atoms with Crippen LogP contribution in [-0.2, 0) is 5.41 Å². The number of benzene rings is 9. The Morgan fingerprint density at radius 3 is 1.79 bits per heavy atom. The molecule has 0 saturated heterocycles. The van der Waals surface area contributed by atoms with Crippen molar-refractivity contribution in [2.75, 3.05) is 10.6 Å². The Kier molecular flexibility index (Phi) is 7.84. The molecule has 0 saturated carbocycles. The smallest absolute Gasteiger partial charge is 0.158 e. The van der Waals surface area contributed by atoms with Crippen LogP contribution in [0.2, 0.25) is 0 Å². The molecule has 0 amide bonds. The van der Waals surface area contributed by atoms with Crippen molar-refractivity contribution in [3.63, 3.8) is 0 Å². The van der Waals surface area contributed by atoms with Crippen LogP contribution in [0.5, 0.6) is 0 Å². The molecule has 1 aromatic heterocycles. The summed E-state index contributed by atoms with van der Waals surface area (Å²) in [5.41, 5.74) is 18.4. The van der Waals surface area contributed by atoms with Gasteiger partial charge in [0.2, 0.25) is 0 Å². The van der Waals surface area contributed by atoms with Crippen molar-refractivity contribution in [1.82, 2.24) is 0 Å². The molecule has 0 spiro atoms. The van der Waals surface area contributed by atoms with Crippen molar-refractivity contribution in [2.24, 2.45) is 0 Å². The number of anilines is 4. The number of nitrogens with one attached hydrogen (secondary N) is 2. The van der Waals surface area contributed by atoms with Crippen LogP contribution in [0.1, 0.15) is 25.0 Å². The Bertz CT molecular complexity index is 3170. The van der Waals surface area contributed by atoms with E-state index < -0.39 is 0 Å². The van der Waals surface area contributed by atoms with E-state index in [9.17, 15) is 0 Å². The minimum absolute atomic E-state index is 0.00381. The summed E-state index contributed by atoms with van der Waals surface area (Å²) < 4.78 is 6.57. The van der Waals surface area contributed by atoms with Gasteiger partial charge in [-0.2, -0.15) is 0 Å². The van der Waals surface area contributed by atoms with Crippen molar-refractivity contribution < 1.29 is 4.42 Å². The third-order valence-electron chi connectivity index (χ3n) is 12.0. The van der Waals surface area contributed by atoms with Gasteiger partial charge in [-0.25, -0.2) is 0 Å². The van der Waals surface area contributed by atoms with Gasteiger partial charge in [0.1, 0.15) is 5.58 Å². The lowest BCUT2D eigenvalue weighted by molar-refractivity contribution is 0.660. The predicted molar refractivity (Wildman–Crippen MR) is 245 cm³/mol. The van der Waals surface area contributed by atoms with Gasteiger partial charge in [-0.15, -0.1) is 0 Å². The Hall–Kier alpha value is -7.36. The van der Waals surface area contributed by atoms with Crippen LogP contribution in [0.3, 0.4) is 0 Å². The monoisotopic (exact) mass is 744 g/mol. The van der Waals surface area contributed by atoms with Crippen LogP contribution in [0.25, 0.3) is 77.2 Å². The normalized spacial score (nSPS) is 12.8. The quantitative estimate of drug-likeness (QED) is 0.171. The highest BCUT2D eigenvalue weighted by molar-refractivity contribution is 6.13. The number of hydrogen-bond donors (Lipinski definition) is 2. The predicted octanol–water partition coefficient (Wildman–Crippen LogP) is 15.5. The second-order valence-corrected chi connectivity index (χ2v) is 15.9. The van der Waals surface area contributed by atoms with E-state index >= 15 is 0 Å². The van der Waals surface area contributed by atoms with Gasteiger partial charge >= 0.3 is 0 Å². The van der Waals surface area contributed by atoms with Gasteiger partial charge < -0.3 is 15.1 Å². The average Bonchev–Trinajstić information content (AvgIpc) is 3.75. The molecule has 58 heavy (non-hydrogen) atoms. The lowest BCUT2D eigenvalue weighted by atomic mass is 9.82. The van der Waals surface area contributed by atoms with Gasteiger partial charge in [0.25, 0.3) is 0 Å². The summed E-state index contributed by atoms with van der Waals surface area (Å²) in [6.45, 7) is 4.64. The molecular weight excluding hydrogens is 705 g/mol. The zero-order valence-electron chi connectivity index (χ0n) is 32.4. The highest BCUT2D eigenvalue weighted by Crippen LogP contribution is 2.49. The van der Waals surface area contributed by atoms with Gasteiger partial charge in [0, 0.05) is 33.2 Å². The molecule has 11 rings (SSSR count). The SMILES string of the molecule is CC1(C)c2ccccc2-c2cc(Nc3ccc(-c4ccccc4-c4ccc5cc6oc7c(Nc8ccc(-c9ccccc9)cc8)cccc7c6cc5c4)cc3)ccc21. The largest absolute Gasteiger partial charge is 0.454 e. The van der Waals surface area contributed by atoms with Gasteiger partial charge in [-0.1, -0.05) is 147 Å². The molecule has 276 valence electrons. The molecule has 0 atom stereocenters. The van der Waals surface area contributed by atoms with E-state index in [4.69, 9.17) is 4.42 Å². The van der Waals surface area contributed by atoms with E-state index in [0.29, 0.717) is 0 Å². The molecule has 1 heterocycles. The molecule has 3 nitrogen and oxygen atoms in total. The third kappa shape index (κ3) is 5.74. The van der Waals surface area contributed by atoms with Crippen LogP contribution in [0, 0.1) is 0 Å². The molecule has 0 fully saturated rings. The number of para-hydroxylation sites is 1. The molecule has 0 bridgehead atoms. The lowest BCUT2D eigenvalue weighted by Gasteiger charge is -2.21. The summed E-state index contributed by atoms with van der Waals surface area (Å²) in [7, 11) is 0. The highest BCUT2D eigenvalue weighted by Gasteiger charge is 2.35. The summed E-state index contributed by atoms with van der Waals surface area (Å²) in [4.78, 5) is 0. The summed E-state index contributed by atoms with van der Waals surface area (Å²) >= 11 is 0. The summed E-state index contributed by atoms with van der Waals surface area (Å²) in [5.74, 6) is 0. The minimum atomic E-state index is 0.00381. The first-order valence-corrected chi connectivity index (χ1v) is 20.0. The van der Waals surface area contributed by atoms with Crippen LogP contribution in [0.4, 0.5) is 22.7 Å². The Balaban J connectivity index is 0.875. The van der Waals surface area contributed by atoms with Crippen molar-refractivity contribution >= 4 is 55.5 Å². The third-order valence-corrected chi connectivity index (χ3v) is 12.0.